The summed E-state index contributed by atoms with van der Waals surface area (Å²) >= 11 is 0. The zero-order valence-electron chi connectivity index (χ0n) is 27.8. The fourth-order valence-corrected chi connectivity index (χ4v) is 4.60. The van der Waals surface area contributed by atoms with E-state index < -0.39 is 53.2 Å². The van der Waals surface area contributed by atoms with Crippen molar-refractivity contribution in [2.45, 2.75) is 97.6 Å². The predicted octanol–water partition coefficient (Wildman–Crippen LogP) is 5.46. The van der Waals surface area contributed by atoms with E-state index >= 15 is 0 Å². The van der Waals surface area contributed by atoms with Crippen LogP contribution in [0, 0.1) is 5.92 Å². The fraction of sp³-hybridized carbons (Fsp3) is 0.486. The molecule has 0 saturated carbocycles. The number of carbonyl (C=O) groups excluding carboxylic acids is 4. The lowest BCUT2D eigenvalue weighted by Crippen LogP contribution is -2.55. The van der Waals surface area contributed by atoms with Gasteiger partial charge in [-0.25, -0.2) is 9.59 Å². The lowest BCUT2D eigenvalue weighted by atomic mass is 9.98. The van der Waals surface area contributed by atoms with Gasteiger partial charge in [-0.2, -0.15) is 0 Å². The normalized spacial score (nSPS) is 13.6. The van der Waals surface area contributed by atoms with Crippen LogP contribution in [0.2, 0.25) is 0 Å². The number of phenolic OH excluding ortho intramolecular Hbond substituents is 1. The molecule has 0 aliphatic carbocycles. The van der Waals surface area contributed by atoms with Gasteiger partial charge in [-0.1, -0.05) is 62.4 Å². The Morgan fingerprint density at radius 1 is 0.867 bits per heavy atom. The monoisotopic (exact) mass is 623 g/mol. The molecular formula is C35H49N3O7. The molecule has 2 rings (SSSR count). The fourth-order valence-electron chi connectivity index (χ4n) is 4.60. The first-order valence-corrected chi connectivity index (χ1v) is 15.2. The number of hydrogen-bond acceptors (Lipinski definition) is 7. The van der Waals surface area contributed by atoms with E-state index in [1.54, 1.807) is 41.5 Å². The second-order valence-electron chi connectivity index (χ2n) is 13.4. The maximum Gasteiger partial charge on any atom is 0.408 e. The molecule has 0 aromatic heterocycles. The summed E-state index contributed by atoms with van der Waals surface area (Å²) in [6.45, 7) is 17.9. The van der Waals surface area contributed by atoms with E-state index in [0.717, 1.165) is 5.56 Å². The number of esters is 1. The average molecular weight is 624 g/mol. The predicted molar refractivity (Wildman–Crippen MR) is 173 cm³/mol. The zero-order chi connectivity index (χ0) is 33.9. The minimum atomic E-state index is -1.26. The van der Waals surface area contributed by atoms with Crippen LogP contribution < -0.4 is 10.6 Å². The number of hydrogen-bond donors (Lipinski definition) is 3. The highest BCUT2D eigenvalue weighted by atomic mass is 16.6. The number of alkyl carbamates (subject to hydrolysis) is 1. The highest BCUT2D eigenvalue weighted by Crippen LogP contribution is 2.26. The van der Waals surface area contributed by atoms with Crippen molar-refractivity contribution >= 4 is 23.9 Å². The minimum Gasteiger partial charge on any atom is -0.508 e. The van der Waals surface area contributed by atoms with Crippen molar-refractivity contribution in [3.63, 3.8) is 0 Å². The second-order valence-corrected chi connectivity index (χ2v) is 13.4. The average Bonchev–Trinajstić information content (AvgIpc) is 2.91. The van der Waals surface area contributed by atoms with Gasteiger partial charge in [0.25, 0.3) is 0 Å². The van der Waals surface area contributed by atoms with Crippen LogP contribution in [-0.2, 0) is 30.3 Å². The van der Waals surface area contributed by atoms with Crippen LogP contribution in [0.4, 0.5) is 4.79 Å². The van der Waals surface area contributed by atoms with Crippen molar-refractivity contribution in [2.75, 3.05) is 6.54 Å². The lowest BCUT2D eigenvalue weighted by molar-refractivity contribution is -0.159. The van der Waals surface area contributed by atoms with Crippen molar-refractivity contribution in [1.82, 2.24) is 15.5 Å². The topological polar surface area (TPSA) is 134 Å². The van der Waals surface area contributed by atoms with E-state index in [1.807, 2.05) is 44.2 Å². The molecule has 45 heavy (non-hydrogen) atoms. The first-order chi connectivity index (χ1) is 20.9. The largest absolute Gasteiger partial charge is 0.508 e. The SMILES string of the molecule is C=CCN(C(=O)C(CC(C)C)NC(=O)OC(C)(C)C)C(C(=O)NC(Cc1ccccc1)C(=O)OC(C)(C)C)c1ccc(O)cc1. The van der Waals surface area contributed by atoms with Crippen LogP contribution in [0.3, 0.4) is 0 Å². The summed E-state index contributed by atoms with van der Waals surface area (Å²) in [7, 11) is 0. The van der Waals surface area contributed by atoms with Gasteiger partial charge in [0.1, 0.15) is 35.1 Å². The minimum absolute atomic E-state index is 0.00263. The van der Waals surface area contributed by atoms with Crippen LogP contribution >= 0.6 is 0 Å². The molecule has 0 spiro atoms. The number of rotatable bonds is 13. The van der Waals surface area contributed by atoms with Crippen molar-refractivity contribution in [3.05, 3.63) is 78.4 Å². The highest BCUT2D eigenvalue weighted by Gasteiger charge is 2.38. The van der Waals surface area contributed by atoms with Crippen LogP contribution in [0.1, 0.15) is 79.0 Å². The molecule has 3 unspecified atom stereocenters. The van der Waals surface area contributed by atoms with Gasteiger partial charge in [-0.3, -0.25) is 9.59 Å². The summed E-state index contributed by atoms with van der Waals surface area (Å²) in [5.41, 5.74) is -0.425. The molecule has 3 N–H and O–H groups in total. The third kappa shape index (κ3) is 12.7. The van der Waals surface area contributed by atoms with E-state index in [4.69, 9.17) is 9.47 Å². The number of nitrogens with one attached hydrogen (secondary N) is 2. The second kappa shape index (κ2) is 16.1. The zero-order valence-corrected chi connectivity index (χ0v) is 27.8. The number of ether oxygens (including phenoxy) is 2. The molecule has 0 saturated heterocycles. The molecule has 0 fully saturated rings. The number of phenols is 1. The van der Waals surface area contributed by atoms with Crippen molar-refractivity contribution in [1.29, 1.82) is 0 Å². The van der Waals surface area contributed by atoms with Gasteiger partial charge in [0, 0.05) is 13.0 Å². The molecule has 246 valence electrons. The molecular weight excluding hydrogens is 574 g/mol. The number of aromatic hydroxyl groups is 1. The number of benzene rings is 2. The standard InChI is InChI=1S/C35H49N3O7/c1-10-20-38(31(41)27(21-23(2)3)37-33(43)45-35(7,8)9)29(25-16-18-26(39)19-17-25)30(40)36-28(32(42)44-34(4,5)6)22-24-14-12-11-13-15-24/h10-19,23,27-29,39H,1,20-22H2,2-9H3,(H,36,40)(H,37,43). The van der Waals surface area contributed by atoms with Crippen molar-refractivity contribution < 1.29 is 33.8 Å². The molecule has 0 aliphatic heterocycles. The summed E-state index contributed by atoms with van der Waals surface area (Å²) in [6, 6.07) is 11.7. The molecule has 0 aliphatic rings. The molecule has 10 nitrogen and oxygen atoms in total. The highest BCUT2D eigenvalue weighted by molar-refractivity contribution is 5.94. The smallest absolute Gasteiger partial charge is 0.408 e. The van der Waals surface area contributed by atoms with E-state index in [0.29, 0.717) is 5.56 Å². The summed E-state index contributed by atoms with van der Waals surface area (Å²) < 4.78 is 11.1. The third-order valence-electron chi connectivity index (χ3n) is 6.36. The Bertz CT molecular complexity index is 1300. The molecule has 3 amide bonds. The summed E-state index contributed by atoms with van der Waals surface area (Å²) in [6.07, 6.45) is 1.13. The third-order valence-corrected chi connectivity index (χ3v) is 6.36. The van der Waals surface area contributed by atoms with Gasteiger partial charge >= 0.3 is 12.1 Å². The van der Waals surface area contributed by atoms with Crippen LogP contribution in [0.25, 0.3) is 0 Å². The van der Waals surface area contributed by atoms with E-state index in [-0.39, 0.29) is 31.1 Å². The number of carbonyl (C=O) groups is 4. The van der Waals surface area contributed by atoms with Gasteiger partial charge in [0.2, 0.25) is 11.8 Å². The lowest BCUT2D eigenvalue weighted by Gasteiger charge is -2.35. The quantitative estimate of drug-likeness (QED) is 0.199. The van der Waals surface area contributed by atoms with Gasteiger partial charge in [-0.15, -0.1) is 6.58 Å². The van der Waals surface area contributed by atoms with Crippen molar-refractivity contribution in [2.24, 2.45) is 5.92 Å². The Morgan fingerprint density at radius 2 is 1.44 bits per heavy atom. The Hall–Kier alpha value is -4.34. The first-order valence-electron chi connectivity index (χ1n) is 15.2. The maximum absolute atomic E-state index is 14.3. The van der Waals surface area contributed by atoms with Gasteiger partial charge in [0.15, 0.2) is 0 Å². The van der Waals surface area contributed by atoms with Gasteiger partial charge in [-0.05, 0) is 77.1 Å². The van der Waals surface area contributed by atoms with Crippen molar-refractivity contribution in [3.8, 4) is 5.75 Å². The number of nitrogens with zero attached hydrogens (tertiary/aromatic N) is 1. The van der Waals surface area contributed by atoms with Crippen LogP contribution in [0.5, 0.6) is 5.75 Å². The molecule has 2 aromatic rings. The van der Waals surface area contributed by atoms with Gasteiger partial charge < -0.3 is 30.1 Å². The first kappa shape index (κ1) is 36.8. The maximum atomic E-state index is 14.3. The van der Waals surface area contributed by atoms with Gasteiger partial charge in [0.05, 0.1) is 0 Å². The Labute approximate surface area is 267 Å². The molecule has 3 atom stereocenters. The summed E-state index contributed by atoms with van der Waals surface area (Å²) in [5, 5.41) is 15.5. The molecule has 0 radical (unpaired) electrons. The Morgan fingerprint density at radius 3 is 1.96 bits per heavy atom. The molecule has 0 bridgehead atoms. The molecule has 10 heteroatoms. The Balaban J connectivity index is 2.57. The molecule has 2 aromatic carbocycles. The van der Waals surface area contributed by atoms with E-state index in [2.05, 4.69) is 17.2 Å². The summed E-state index contributed by atoms with van der Waals surface area (Å²) in [4.78, 5) is 55.9. The van der Waals surface area contributed by atoms with E-state index in [9.17, 15) is 24.3 Å². The van der Waals surface area contributed by atoms with Crippen LogP contribution in [-0.4, -0.2) is 63.7 Å². The Kier molecular flexibility index (Phi) is 13.2. The summed E-state index contributed by atoms with van der Waals surface area (Å²) in [5.74, 6) is -1.85. The van der Waals surface area contributed by atoms with E-state index in [1.165, 1.54) is 35.2 Å². The number of amides is 3. The molecule has 0 heterocycles. The van der Waals surface area contributed by atoms with Crippen LogP contribution in [0.15, 0.2) is 67.3 Å².